The van der Waals surface area contributed by atoms with E-state index in [0.717, 1.165) is 6.42 Å². The van der Waals surface area contributed by atoms with Gasteiger partial charge in [0.15, 0.2) is 0 Å². The van der Waals surface area contributed by atoms with Crippen molar-refractivity contribution < 1.29 is 9.72 Å². The highest BCUT2D eigenvalue weighted by Gasteiger charge is 2.15. The van der Waals surface area contributed by atoms with Crippen LogP contribution in [0.15, 0.2) is 12.1 Å². The Morgan fingerprint density at radius 3 is 2.71 bits per heavy atom. The first kappa shape index (κ1) is 17.2. The molecule has 1 atom stereocenters. The van der Waals surface area contributed by atoms with Gasteiger partial charge in [-0.25, -0.2) is 0 Å². The molecule has 6 nitrogen and oxygen atoms in total. The molecule has 7 heteroatoms. The molecular weight excluding hydrogens is 294 g/mol. The van der Waals surface area contributed by atoms with E-state index in [1.165, 1.54) is 12.1 Å². The van der Waals surface area contributed by atoms with Crippen LogP contribution in [0, 0.1) is 17.0 Å². The Labute approximate surface area is 129 Å². The van der Waals surface area contributed by atoms with Crippen LogP contribution in [-0.2, 0) is 4.79 Å². The molecular formula is C14H20ClN3O3. The van der Waals surface area contributed by atoms with Gasteiger partial charge in [0.2, 0.25) is 5.91 Å². The van der Waals surface area contributed by atoms with Crippen LogP contribution in [0.5, 0.6) is 0 Å². The summed E-state index contributed by atoms with van der Waals surface area (Å²) in [4.78, 5) is 21.9. The number of carbonyl (C=O) groups is 1. The number of halogens is 1. The van der Waals surface area contributed by atoms with Crippen molar-refractivity contribution in [3.8, 4) is 0 Å². The molecule has 2 N–H and O–H groups in total. The maximum absolute atomic E-state index is 11.6. The van der Waals surface area contributed by atoms with Gasteiger partial charge in [0.05, 0.1) is 4.92 Å². The van der Waals surface area contributed by atoms with Gasteiger partial charge in [-0.2, -0.15) is 0 Å². The molecule has 1 rings (SSSR count). The van der Waals surface area contributed by atoms with Crippen LogP contribution < -0.4 is 10.6 Å². The van der Waals surface area contributed by atoms with Crippen molar-refractivity contribution in [2.45, 2.75) is 39.7 Å². The number of nitro benzene ring substituents is 1. The molecule has 0 heterocycles. The fourth-order valence-electron chi connectivity index (χ4n) is 1.76. The zero-order valence-corrected chi connectivity index (χ0v) is 13.2. The third-order valence-corrected chi connectivity index (χ3v) is 3.48. The number of hydrogen-bond donors (Lipinski definition) is 2. The summed E-state index contributed by atoms with van der Waals surface area (Å²) >= 11 is 5.86. The van der Waals surface area contributed by atoms with E-state index >= 15 is 0 Å². The third-order valence-electron chi connectivity index (χ3n) is 3.18. The summed E-state index contributed by atoms with van der Waals surface area (Å²) in [6.45, 7) is 6.15. The minimum Gasteiger partial charge on any atom is -0.384 e. The van der Waals surface area contributed by atoms with Gasteiger partial charge >= 0.3 is 0 Å². The lowest BCUT2D eigenvalue weighted by Crippen LogP contribution is -2.32. The number of benzene rings is 1. The summed E-state index contributed by atoms with van der Waals surface area (Å²) in [5.41, 5.74) is 1.30. The Balaban J connectivity index is 2.58. The minimum atomic E-state index is -0.515. The average molecular weight is 314 g/mol. The molecule has 21 heavy (non-hydrogen) atoms. The Morgan fingerprint density at radius 1 is 1.48 bits per heavy atom. The number of nitrogens with one attached hydrogen (secondary N) is 2. The Kier molecular flexibility index (Phi) is 6.42. The summed E-state index contributed by atoms with van der Waals surface area (Å²) < 4.78 is 0. The van der Waals surface area contributed by atoms with Crippen LogP contribution in [0.3, 0.4) is 0 Å². The molecule has 0 saturated heterocycles. The van der Waals surface area contributed by atoms with Crippen molar-refractivity contribution in [2.75, 3.05) is 11.9 Å². The number of amides is 1. The van der Waals surface area contributed by atoms with Gasteiger partial charge in [0.25, 0.3) is 5.69 Å². The fourth-order valence-corrected chi connectivity index (χ4v) is 1.99. The van der Waals surface area contributed by atoms with Gasteiger partial charge in [-0.05, 0) is 31.9 Å². The lowest BCUT2D eigenvalue weighted by molar-refractivity contribution is -0.384. The highest BCUT2D eigenvalue weighted by Crippen LogP contribution is 2.30. The van der Waals surface area contributed by atoms with Gasteiger partial charge in [0.1, 0.15) is 5.02 Å². The summed E-state index contributed by atoms with van der Waals surface area (Å²) in [5, 5.41) is 16.8. The topological polar surface area (TPSA) is 84.3 Å². The second-order valence-electron chi connectivity index (χ2n) is 4.93. The molecule has 1 aromatic rings. The number of nitro groups is 1. The second-order valence-corrected chi connectivity index (χ2v) is 5.34. The van der Waals surface area contributed by atoms with Gasteiger partial charge in [-0.1, -0.05) is 18.5 Å². The largest absolute Gasteiger partial charge is 0.384 e. The van der Waals surface area contributed by atoms with Crippen molar-refractivity contribution in [3.05, 3.63) is 32.8 Å². The number of anilines is 1. The van der Waals surface area contributed by atoms with E-state index in [-0.39, 0.29) is 22.7 Å². The molecule has 0 aliphatic heterocycles. The van der Waals surface area contributed by atoms with Crippen molar-refractivity contribution in [3.63, 3.8) is 0 Å². The van der Waals surface area contributed by atoms with E-state index in [1.807, 2.05) is 13.8 Å². The van der Waals surface area contributed by atoms with Crippen molar-refractivity contribution in [1.82, 2.24) is 5.32 Å². The first-order valence-electron chi connectivity index (χ1n) is 6.83. The van der Waals surface area contributed by atoms with Gasteiger partial charge in [-0.15, -0.1) is 0 Å². The molecule has 0 fully saturated rings. The predicted molar refractivity (Wildman–Crippen MR) is 83.8 cm³/mol. The molecule has 0 saturated carbocycles. The SMILES string of the molecule is CCC(C)NC(=O)CCNc1cc(Cl)c([N+](=O)[O-])cc1C. The monoisotopic (exact) mass is 313 g/mol. The number of carbonyl (C=O) groups excluding carboxylic acids is 1. The smallest absolute Gasteiger partial charge is 0.288 e. The maximum atomic E-state index is 11.6. The standard InChI is InChI=1S/C14H20ClN3O3/c1-4-10(3)17-14(19)5-6-16-12-8-11(15)13(18(20)21)7-9(12)2/h7-8,10,16H,4-6H2,1-3H3,(H,17,19). The maximum Gasteiger partial charge on any atom is 0.288 e. The van der Waals surface area contributed by atoms with E-state index in [9.17, 15) is 14.9 Å². The van der Waals surface area contributed by atoms with E-state index in [4.69, 9.17) is 11.6 Å². The predicted octanol–water partition coefficient (Wildman–Crippen LogP) is 3.27. The molecule has 0 aromatic heterocycles. The number of rotatable bonds is 7. The number of nitrogens with zero attached hydrogens (tertiary/aromatic N) is 1. The highest BCUT2D eigenvalue weighted by molar-refractivity contribution is 6.33. The molecule has 0 radical (unpaired) electrons. The minimum absolute atomic E-state index is 0.0255. The molecule has 1 amide bonds. The Bertz CT molecular complexity index is 534. The van der Waals surface area contributed by atoms with Crippen LogP contribution in [0.25, 0.3) is 0 Å². The molecule has 0 spiro atoms. The van der Waals surface area contributed by atoms with Crippen LogP contribution in [0.1, 0.15) is 32.3 Å². The van der Waals surface area contributed by atoms with Crippen molar-refractivity contribution in [1.29, 1.82) is 0 Å². The summed E-state index contributed by atoms with van der Waals surface area (Å²) in [7, 11) is 0. The Morgan fingerprint density at radius 2 is 2.14 bits per heavy atom. The normalized spacial score (nSPS) is 11.8. The zero-order valence-electron chi connectivity index (χ0n) is 12.4. The van der Waals surface area contributed by atoms with Crippen LogP contribution >= 0.6 is 11.6 Å². The summed E-state index contributed by atoms with van der Waals surface area (Å²) in [6, 6.07) is 3.10. The summed E-state index contributed by atoms with van der Waals surface area (Å²) in [5.74, 6) is -0.0255. The van der Waals surface area contributed by atoms with E-state index in [2.05, 4.69) is 10.6 Å². The van der Waals surface area contributed by atoms with Gasteiger partial charge in [0, 0.05) is 30.8 Å². The lowest BCUT2D eigenvalue weighted by Gasteiger charge is -2.13. The third kappa shape index (κ3) is 5.23. The Hall–Kier alpha value is -1.82. The van der Waals surface area contributed by atoms with Crippen molar-refractivity contribution in [2.24, 2.45) is 0 Å². The van der Waals surface area contributed by atoms with Crippen molar-refractivity contribution >= 4 is 28.9 Å². The lowest BCUT2D eigenvalue weighted by atomic mass is 10.1. The molecule has 1 aromatic carbocycles. The quantitative estimate of drug-likeness (QED) is 0.597. The van der Waals surface area contributed by atoms with E-state index < -0.39 is 4.92 Å². The van der Waals surface area contributed by atoms with E-state index in [1.54, 1.807) is 6.92 Å². The molecule has 0 aliphatic carbocycles. The average Bonchev–Trinajstić information content (AvgIpc) is 2.41. The summed E-state index contributed by atoms with van der Waals surface area (Å²) in [6.07, 6.45) is 1.22. The first-order valence-corrected chi connectivity index (χ1v) is 7.20. The van der Waals surface area contributed by atoms with Crippen LogP contribution in [0.4, 0.5) is 11.4 Å². The number of hydrogen-bond acceptors (Lipinski definition) is 4. The van der Waals surface area contributed by atoms with Gasteiger partial charge in [-0.3, -0.25) is 14.9 Å². The van der Waals surface area contributed by atoms with Crippen LogP contribution in [-0.4, -0.2) is 23.4 Å². The second kappa shape index (κ2) is 7.83. The molecule has 0 aliphatic rings. The molecule has 1 unspecified atom stereocenters. The number of aryl methyl sites for hydroxylation is 1. The van der Waals surface area contributed by atoms with Crippen LogP contribution in [0.2, 0.25) is 5.02 Å². The first-order chi connectivity index (χ1) is 9.85. The zero-order chi connectivity index (χ0) is 16.0. The van der Waals surface area contributed by atoms with E-state index in [0.29, 0.717) is 24.2 Å². The van der Waals surface area contributed by atoms with Gasteiger partial charge < -0.3 is 10.6 Å². The molecule has 116 valence electrons. The highest BCUT2D eigenvalue weighted by atomic mass is 35.5. The molecule has 0 bridgehead atoms. The fraction of sp³-hybridized carbons (Fsp3) is 0.500.